The molecule has 0 aliphatic heterocycles. The van der Waals surface area contributed by atoms with Gasteiger partial charge in [0.2, 0.25) is 15.9 Å². The van der Waals surface area contributed by atoms with Crippen LogP contribution >= 0.6 is 11.8 Å². The Hall–Kier alpha value is -2.03. The van der Waals surface area contributed by atoms with Crippen molar-refractivity contribution in [3.8, 4) is 5.75 Å². The molecule has 2 rings (SSSR count). The molecule has 0 spiro atoms. The van der Waals surface area contributed by atoms with E-state index in [0.29, 0.717) is 11.3 Å². The van der Waals surface area contributed by atoms with Gasteiger partial charge in [-0.25, -0.2) is 8.42 Å². The summed E-state index contributed by atoms with van der Waals surface area (Å²) in [6, 6.07) is 12.3. The number of amides is 1. The van der Waals surface area contributed by atoms with E-state index in [0.717, 1.165) is 14.8 Å². The van der Waals surface area contributed by atoms with E-state index in [1.807, 2.05) is 37.4 Å². The number of aryl methyl sites for hydroxylation is 1. The van der Waals surface area contributed by atoms with Gasteiger partial charge in [-0.1, -0.05) is 12.1 Å². The maximum atomic E-state index is 12.7. The third kappa shape index (κ3) is 5.27. The number of likely N-dealkylation sites (N-methyl/N-ethyl adjacent to an activating group) is 1. The first-order valence-corrected chi connectivity index (χ1v) is 11.4. The van der Waals surface area contributed by atoms with E-state index in [-0.39, 0.29) is 23.4 Å². The van der Waals surface area contributed by atoms with Crippen LogP contribution < -0.4 is 10.1 Å². The topological polar surface area (TPSA) is 75.7 Å². The Kier molecular flexibility index (Phi) is 7.51. The van der Waals surface area contributed by atoms with Crippen molar-refractivity contribution in [1.29, 1.82) is 0 Å². The molecule has 1 amide bonds. The second-order valence-electron chi connectivity index (χ2n) is 6.45. The largest absolute Gasteiger partial charge is 0.496 e. The minimum Gasteiger partial charge on any atom is -0.496 e. The highest BCUT2D eigenvalue weighted by atomic mass is 32.2. The van der Waals surface area contributed by atoms with Crippen LogP contribution in [0.5, 0.6) is 5.75 Å². The summed E-state index contributed by atoms with van der Waals surface area (Å²) in [6.07, 6.45) is 2.00. The van der Waals surface area contributed by atoms with E-state index in [1.165, 1.54) is 20.2 Å². The van der Waals surface area contributed by atoms with Crippen LogP contribution in [-0.2, 0) is 14.8 Å². The van der Waals surface area contributed by atoms with Crippen molar-refractivity contribution >= 4 is 27.7 Å². The average molecular weight is 423 g/mol. The van der Waals surface area contributed by atoms with E-state index >= 15 is 0 Å². The van der Waals surface area contributed by atoms with Gasteiger partial charge in [0, 0.05) is 11.9 Å². The average Bonchev–Trinajstić information content (AvgIpc) is 2.67. The Labute approximate surface area is 171 Å². The summed E-state index contributed by atoms with van der Waals surface area (Å²) in [6.45, 7) is 3.38. The molecular formula is C20H26N2O4S2. The number of carbonyl (C=O) groups is 1. The Morgan fingerprint density at radius 1 is 1.21 bits per heavy atom. The van der Waals surface area contributed by atoms with Gasteiger partial charge in [0.15, 0.2) is 0 Å². The van der Waals surface area contributed by atoms with Crippen molar-refractivity contribution in [3.63, 3.8) is 0 Å². The van der Waals surface area contributed by atoms with Crippen LogP contribution in [0.25, 0.3) is 0 Å². The molecule has 6 nitrogen and oxygen atoms in total. The minimum absolute atomic E-state index is 0.127. The first-order valence-electron chi connectivity index (χ1n) is 8.73. The second-order valence-corrected chi connectivity index (χ2v) is 9.38. The highest BCUT2D eigenvalue weighted by molar-refractivity contribution is 7.98. The zero-order valence-corrected chi connectivity index (χ0v) is 18.4. The summed E-state index contributed by atoms with van der Waals surface area (Å²) < 4.78 is 31.7. The Morgan fingerprint density at radius 3 is 2.39 bits per heavy atom. The zero-order chi connectivity index (χ0) is 20.9. The predicted octanol–water partition coefficient (Wildman–Crippen LogP) is 3.22. The summed E-state index contributed by atoms with van der Waals surface area (Å²) in [4.78, 5) is 13.6. The molecule has 0 radical (unpaired) electrons. The third-order valence-corrected chi connectivity index (χ3v) is 6.98. The number of benzene rings is 2. The van der Waals surface area contributed by atoms with Crippen LogP contribution in [0.2, 0.25) is 0 Å². The van der Waals surface area contributed by atoms with Gasteiger partial charge in [-0.3, -0.25) is 4.79 Å². The zero-order valence-electron chi connectivity index (χ0n) is 16.7. The number of hydrogen-bond donors (Lipinski definition) is 1. The lowest BCUT2D eigenvalue weighted by molar-refractivity contribution is -0.121. The smallest absolute Gasteiger partial charge is 0.243 e. The molecule has 0 saturated carbocycles. The van der Waals surface area contributed by atoms with Crippen LogP contribution in [0.1, 0.15) is 24.1 Å². The van der Waals surface area contributed by atoms with E-state index in [1.54, 1.807) is 30.8 Å². The summed E-state index contributed by atoms with van der Waals surface area (Å²) in [5, 5.41) is 2.85. The van der Waals surface area contributed by atoms with Crippen molar-refractivity contribution < 1.29 is 17.9 Å². The molecule has 0 aromatic heterocycles. The lowest BCUT2D eigenvalue weighted by Gasteiger charge is -2.20. The molecule has 1 atom stereocenters. The fraction of sp³-hybridized carbons (Fsp3) is 0.350. The fourth-order valence-corrected chi connectivity index (χ4v) is 4.36. The lowest BCUT2D eigenvalue weighted by atomic mass is 10.1. The Bertz CT molecular complexity index is 928. The number of thioether (sulfide) groups is 1. The molecule has 0 saturated heterocycles. The maximum absolute atomic E-state index is 12.7. The highest BCUT2D eigenvalue weighted by Crippen LogP contribution is 2.23. The molecule has 28 heavy (non-hydrogen) atoms. The van der Waals surface area contributed by atoms with Crippen molar-refractivity contribution in [2.24, 2.45) is 0 Å². The van der Waals surface area contributed by atoms with Crippen molar-refractivity contribution in [2.75, 3.05) is 27.0 Å². The molecule has 0 aliphatic rings. The number of hydrogen-bond acceptors (Lipinski definition) is 5. The van der Waals surface area contributed by atoms with E-state index < -0.39 is 10.0 Å². The molecule has 1 N–H and O–H groups in total. The number of rotatable bonds is 8. The van der Waals surface area contributed by atoms with Gasteiger partial charge in [-0.15, -0.1) is 11.8 Å². The Balaban J connectivity index is 2.04. The number of nitrogens with one attached hydrogen (secondary N) is 1. The van der Waals surface area contributed by atoms with Gasteiger partial charge in [0.05, 0.1) is 24.6 Å². The molecule has 152 valence electrons. The molecular weight excluding hydrogens is 396 g/mol. The van der Waals surface area contributed by atoms with Crippen LogP contribution in [0.4, 0.5) is 0 Å². The molecule has 2 aromatic rings. The van der Waals surface area contributed by atoms with E-state index in [9.17, 15) is 13.2 Å². The SMILES string of the molecule is COc1ccc(S(=O)(=O)N(C)CC(=O)N[C@H](C)c2ccc(SC)cc2)cc1C. The highest BCUT2D eigenvalue weighted by Gasteiger charge is 2.24. The molecule has 2 aromatic carbocycles. The quantitative estimate of drug-likeness (QED) is 0.661. The van der Waals surface area contributed by atoms with Crippen molar-refractivity contribution in [2.45, 2.75) is 29.7 Å². The van der Waals surface area contributed by atoms with Crippen LogP contribution in [0.15, 0.2) is 52.3 Å². The number of ether oxygens (including phenoxy) is 1. The van der Waals surface area contributed by atoms with Gasteiger partial charge in [0.25, 0.3) is 0 Å². The van der Waals surface area contributed by atoms with E-state index in [2.05, 4.69) is 5.32 Å². The van der Waals surface area contributed by atoms with Crippen LogP contribution in [-0.4, -0.2) is 45.6 Å². The Morgan fingerprint density at radius 2 is 1.86 bits per heavy atom. The predicted molar refractivity (Wildman–Crippen MR) is 112 cm³/mol. The third-order valence-electron chi connectivity index (χ3n) is 4.43. The van der Waals surface area contributed by atoms with Crippen LogP contribution in [0, 0.1) is 6.92 Å². The molecule has 0 heterocycles. The van der Waals surface area contributed by atoms with Gasteiger partial charge in [-0.2, -0.15) is 4.31 Å². The maximum Gasteiger partial charge on any atom is 0.243 e. The molecule has 0 aliphatic carbocycles. The number of nitrogens with zero attached hydrogens (tertiary/aromatic N) is 1. The minimum atomic E-state index is -3.78. The molecule has 0 bridgehead atoms. The standard InChI is InChI=1S/C20H26N2O4S2/c1-14-12-18(10-11-19(14)26-4)28(24,25)22(3)13-20(23)21-15(2)16-6-8-17(27-5)9-7-16/h6-12,15H,13H2,1-5H3,(H,21,23)/t15-/m1/s1. The number of sulfonamides is 1. The first kappa shape index (κ1) is 22.3. The van der Waals surface area contributed by atoms with Gasteiger partial charge in [-0.05, 0) is 61.6 Å². The molecule has 0 fully saturated rings. The monoisotopic (exact) mass is 422 g/mol. The summed E-state index contributed by atoms with van der Waals surface area (Å²) in [5.74, 6) is 0.249. The molecule has 0 unspecified atom stereocenters. The second kappa shape index (κ2) is 9.45. The fourth-order valence-electron chi connectivity index (χ4n) is 2.74. The van der Waals surface area contributed by atoms with Gasteiger partial charge in [0.1, 0.15) is 5.75 Å². The van der Waals surface area contributed by atoms with Gasteiger partial charge >= 0.3 is 0 Å². The van der Waals surface area contributed by atoms with Crippen LogP contribution in [0.3, 0.4) is 0 Å². The summed E-state index contributed by atoms with van der Waals surface area (Å²) in [7, 11) is -0.851. The lowest BCUT2D eigenvalue weighted by Crippen LogP contribution is -2.39. The van der Waals surface area contributed by atoms with Crippen molar-refractivity contribution in [1.82, 2.24) is 9.62 Å². The number of methoxy groups -OCH3 is 1. The van der Waals surface area contributed by atoms with Crippen molar-refractivity contribution in [3.05, 3.63) is 53.6 Å². The number of carbonyl (C=O) groups excluding carboxylic acids is 1. The van der Waals surface area contributed by atoms with Gasteiger partial charge < -0.3 is 10.1 Å². The molecule has 8 heteroatoms. The normalized spacial score (nSPS) is 12.6. The summed E-state index contributed by atoms with van der Waals surface area (Å²) in [5.41, 5.74) is 1.67. The first-order chi connectivity index (χ1) is 13.2. The van der Waals surface area contributed by atoms with E-state index in [4.69, 9.17) is 4.74 Å². The summed E-state index contributed by atoms with van der Waals surface area (Å²) >= 11 is 1.65.